The molecule has 2 N–H and O–H groups in total. The first-order valence-corrected chi connectivity index (χ1v) is 11.6. The zero-order chi connectivity index (χ0) is 25.3. The second kappa shape index (κ2) is 9.58. The summed E-state index contributed by atoms with van der Waals surface area (Å²) in [5, 5.41) is 21.1. The van der Waals surface area contributed by atoms with E-state index < -0.39 is 17.7 Å². The molecule has 0 aliphatic carbocycles. The molecule has 4 aromatic rings. The third-order valence-electron chi connectivity index (χ3n) is 6.46. The van der Waals surface area contributed by atoms with Crippen molar-refractivity contribution in [3.8, 4) is 28.1 Å². The summed E-state index contributed by atoms with van der Waals surface area (Å²) in [4.78, 5) is 11.8. The molecule has 0 unspecified atom stereocenters. The topological polar surface area (TPSA) is 80.0 Å². The lowest BCUT2D eigenvalue weighted by molar-refractivity contribution is -0.137. The number of nitrogens with zero attached hydrogens (tertiary/aromatic N) is 3. The first-order chi connectivity index (χ1) is 17.3. The minimum atomic E-state index is -4.47. The number of aromatic nitrogens is 3. The Bertz CT molecular complexity index is 1390. The van der Waals surface area contributed by atoms with Gasteiger partial charge in [0.05, 0.1) is 23.0 Å². The Morgan fingerprint density at radius 1 is 0.944 bits per heavy atom. The van der Waals surface area contributed by atoms with E-state index in [4.69, 9.17) is 0 Å². The molecule has 1 aliphatic heterocycles. The van der Waals surface area contributed by atoms with Gasteiger partial charge in [-0.1, -0.05) is 41.6 Å². The third-order valence-corrected chi connectivity index (χ3v) is 6.46. The number of carboxylic acids is 1. The van der Waals surface area contributed by atoms with Gasteiger partial charge in [-0.2, -0.15) is 13.2 Å². The van der Waals surface area contributed by atoms with Crippen LogP contribution in [0, 0.1) is 0 Å². The molecule has 6 nitrogen and oxygen atoms in total. The lowest BCUT2D eigenvalue weighted by atomic mass is 9.89. The third kappa shape index (κ3) is 5.01. The molecule has 9 heteroatoms. The van der Waals surface area contributed by atoms with Crippen LogP contribution in [-0.4, -0.2) is 39.2 Å². The summed E-state index contributed by atoms with van der Waals surface area (Å²) >= 11 is 0. The van der Waals surface area contributed by atoms with Crippen molar-refractivity contribution < 1.29 is 23.1 Å². The standard InChI is InChI=1S/C27H23F3N4O2/c28-27(29,30)23-3-1-2-20(13-23)25-16-34(33-32-25)24-14-21(12-22(15-24)26(35)36)18-6-4-17(5-7-18)19-8-10-31-11-9-19/h1-7,12-16,19,31H,8-11H2,(H,35,36). The van der Waals surface area contributed by atoms with Crippen molar-refractivity contribution >= 4 is 5.97 Å². The number of halogens is 3. The van der Waals surface area contributed by atoms with Crippen LogP contribution >= 0.6 is 0 Å². The summed E-state index contributed by atoms with van der Waals surface area (Å²) in [6, 6.07) is 17.8. The fourth-order valence-electron chi connectivity index (χ4n) is 4.51. The summed E-state index contributed by atoms with van der Waals surface area (Å²) < 4.78 is 40.7. The van der Waals surface area contributed by atoms with Gasteiger partial charge in [-0.25, -0.2) is 9.48 Å². The molecule has 1 saturated heterocycles. The van der Waals surface area contributed by atoms with Gasteiger partial charge in [0.2, 0.25) is 0 Å². The predicted octanol–water partition coefficient (Wildman–Crippen LogP) is 5.79. The monoisotopic (exact) mass is 492 g/mol. The van der Waals surface area contributed by atoms with E-state index in [0.29, 0.717) is 17.2 Å². The van der Waals surface area contributed by atoms with Gasteiger partial charge < -0.3 is 10.4 Å². The number of hydrogen-bond acceptors (Lipinski definition) is 4. The number of rotatable bonds is 5. The highest BCUT2D eigenvalue weighted by Crippen LogP contribution is 2.32. The van der Waals surface area contributed by atoms with Crippen molar-refractivity contribution in [2.24, 2.45) is 0 Å². The number of piperidine rings is 1. The first kappa shape index (κ1) is 23.7. The molecule has 0 bridgehead atoms. The largest absolute Gasteiger partial charge is 0.478 e. The molecular formula is C27H23F3N4O2. The van der Waals surface area contributed by atoms with Crippen LogP contribution in [0.4, 0.5) is 13.2 Å². The number of carbonyl (C=O) groups is 1. The quantitative estimate of drug-likeness (QED) is 0.369. The first-order valence-electron chi connectivity index (χ1n) is 11.6. The van der Waals surface area contributed by atoms with Crippen LogP contribution in [0.15, 0.2) is 72.9 Å². The molecule has 2 heterocycles. The second-order valence-electron chi connectivity index (χ2n) is 8.85. The molecule has 0 atom stereocenters. The maximum absolute atomic E-state index is 13.1. The fraction of sp³-hybridized carbons (Fsp3) is 0.222. The maximum Gasteiger partial charge on any atom is 0.416 e. The van der Waals surface area contributed by atoms with Gasteiger partial charge in [0, 0.05) is 5.56 Å². The Kier molecular flexibility index (Phi) is 6.32. The SMILES string of the molecule is O=C(O)c1cc(-c2ccc(C3CCNCC3)cc2)cc(-n2cc(-c3cccc(C(F)(F)F)c3)nn2)c1. The van der Waals surface area contributed by atoms with E-state index in [1.54, 1.807) is 12.1 Å². The van der Waals surface area contributed by atoms with Gasteiger partial charge in [-0.15, -0.1) is 5.10 Å². The van der Waals surface area contributed by atoms with Crippen LogP contribution in [0.5, 0.6) is 0 Å². The number of aromatic carboxylic acids is 1. The Labute approximate surface area is 205 Å². The average molecular weight is 493 g/mol. The molecule has 0 radical (unpaired) electrons. The van der Waals surface area contributed by atoms with Crippen molar-refractivity contribution in [1.82, 2.24) is 20.3 Å². The van der Waals surface area contributed by atoms with Crippen LogP contribution in [0.1, 0.15) is 40.2 Å². The Hall–Kier alpha value is -3.98. The molecular weight excluding hydrogens is 469 g/mol. The van der Waals surface area contributed by atoms with Gasteiger partial charge in [-0.05, 0) is 78.9 Å². The van der Waals surface area contributed by atoms with Gasteiger partial charge in [0.25, 0.3) is 0 Å². The Balaban J connectivity index is 1.48. The minimum absolute atomic E-state index is 0.0704. The van der Waals surface area contributed by atoms with E-state index in [1.807, 2.05) is 12.1 Å². The highest BCUT2D eigenvalue weighted by atomic mass is 19.4. The van der Waals surface area contributed by atoms with Gasteiger partial charge in [-0.3, -0.25) is 0 Å². The van der Waals surface area contributed by atoms with E-state index in [2.05, 4.69) is 27.8 Å². The van der Waals surface area contributed by atoms with Crippen LogP contribution in [0.25, 0.3) is 28.1 Å². The van der Waals surface area contributed by atoms with E-state index in [0.717, 1.165) is 43.6 Å². The molecule has 0 amide bonds. The number of carboxylic acid groups (broad SMARTS) is 1. The Morgan fingerprint density at radius 3 is 2.39 bits per heavy atom. The highest BCUT2D eigenvalue weighted by Gasteiger charge is 2.30. The Morgan fingerprint density at radius 2 is 1.69 bits per heavy atom. The summed E-state index contributed by atoms with van der Waals surface area (Å²) in [5.41, 5.74) is 3.05. The molecule has 1 fully saturated rings. The molecule has 1 aromatic heterocycles. The summed E-state index contributed by atoms with van der Waals surface area (Å²) in [6.07, 6.45) is -0.822. The molecule has 0 saturated carbocycles. The maximum atomic E-state index is 13.1. The molecule has 3 aromatic carbocycles. The normalized spacial score (nSPS) is 14.6. The number of nitrogens with one attached hydrogen (secondary N) is 1. The number of benzene rings is 3. The molecule has 1 aliphatic rings. The average Bonchev–Trinajstić information content (AvgIpc) is 3.39. The van der Waals surface area contributed by atoms with Crippen molar-refractivity contribution in [2.45, 2.75) is 24.9 Å². The second-order valence-corrected chi connectivity index (χ2v) is 8.85. The van der Waals surface area contributed by atoms with Gasteiger partial charge in [0.15, 0.2) is 0 Å². The molecule has 0 spiro atoms. The van der Waals surface area contributed by atoms with Crippen LogP contribution in [0.2, 0.25) is 0 Å². The molecule has 184 valence electrons. The van der Waals surface area contributed by atoms with Gasteiger partial charge in [0.1, 0.15) is 5.69 Å². The van der Waals surface area contributed by atoms with E-state index in [1.165, 1.54) is 34.6 Å². The highest BCUT2D eigenvalue weighted by molar-refractivity contribution is 5.90. The van der Waals surface area contributed by atoms with Crippen molar-refractivity contribution in [3.05, 3.63) is 89.6 Å². The van der Waals surface area contributed by atoms with Crippen molar-refractivity contribution in [2.75, 3.05) is 13.1 Å². The van der Waals surface area contributed by atoms with Crippen molar-refractivity contribution in [1.29, 1.82) is 0 Å². The zero-order valence-corrected chi connectivity index (χ0v) is 19.2. The van der Waals surface area contributed by atoms with Crippen LogP contribution < -0.4 is 5.32 Å². The van der Waals surface area contributed by atoms with E-state index in [-0.39, 0.29) is 16.8 Å². The molecule has 5 rings (SSSR count). The van der Waals surface area contributed by atoms with Crippen LogP contribution in [0.3, 0.4) is 0 Å². The lowest BCUT2D eigenvalue weighted by Gasteiger charge is -2.23. The summed E-state index contributed by atoms with van der Waals surface area (Å²) in [6.45, 7) is 1.99. The summed E-state index contributed by atoms with van der Waals surface area (Å²) in [7, 11) is 0. The number of alkyl halides is 3. The fourth-order valence-corrected chi connectivity index (χ4v) is 4.51. The number of hydrogen-bond donors (Lipinski definition) is 2. The minimum Gasteiger partial charge on any atom is -0.478 e. The van der Waals surface area contributed by atoms with Crippen molar-refractivity contribution in [3.63, 3.8) is 0 Å². The predicted molar refractivity (Wildman–Crippen MR) is 129 cm³/mol. The zero-order valence-electron chi connectivity index (χ0n) is 19.2. The molecule has 36 heavy (non-hydrogen) atoms. The van der Waals surface area contributed by atoms with Crippen LogP contribution in [-0.2, 0) is 6.18 Å². The summed E-state index contributed by atoms with van der Waals surface area (Å²) in [5.74, 6) is -0.590. The smallest absolute Gasteiger partial charge is 0.416 e. The van der Waals surface area contributed by atoms with E-state index in [9.17, 15) is 23.1 Å². The van der Waals surface area contributed by atoms with E-state index >= 15 is 0 Å². The van der Waals surface area contributed by atoms with Gasteiger partial charge >= 0.3 is 12.1 Å². The lowest BCUT2D eigenvalue weighted by Crippen LogP contribution is -2.26.